The molecule has 0 aliphatic carbocycles. The van der Waals surface area contributed by atoms with Crippen molar-refractivity contribution < 1.29 is 4.79 Å². The number of aromatic nitrogens is 1. The van der Waals surface area contributed by atoms with Crippen LogP contribution in [0.15, 0.2) is 24.4 Å². The topological polar surface area (TPSA) is 42.0 Å². The second-order valence-corrected chi connectivity index (χ2v) is 5.44. The predicted molar refractivity (Wildman–Crippen MR) is 75.6 cm³/mol. The molecule has 0 saturated heterocycles. The van der Waals surface area contributed by atoms with E-state index in [1.165, 1.54) is 11.3 Å². The fourth-order valence-corrected chi connectivity index (χ4v) is 2.42. The van der Waals surface area contributed by atoms with Gasteiger partial charge in [0.05, 0.1) is 11.2 Å². The lowest BCUT2D eigenvalue weighted by Gasteiger charge is -2.07. The number of carbonyl (C=O) groups excluding carboxylic acids is 1. The first-order valence-electron chi connectivity index (χ1n) is 5.62. The Bertz CT molecular complexity index is 580. The van der Waals surface area contributed by atoms with Gasteiger partial charge in [0, 0.05) is 10.7 Å². The van der Waals surface area contributed by atoms with Crippen LogP contribution in [0.2, 0.25) is 5.02 Å². The molecule has 0 aliphatic heterocycles. The second kappa shape index (κ2) is 5.50. The fraction of sp³-hybridized carbons (Fsp3) is 0.231. The first-order valence-corrected chi connectivity index (χ1v) is 6.81. The predicted octanol–water partition coefficient (Wildman–Crippen LogP) is 3.92. The van der Waals surface area contributed by atoms with E-state index in [4.69, 9.17) is 11.6 Å². The molecule has 1 aromatic carbocycles. The van der Waals surface area contributed by atoms with Crippen LogP contribution in [0.3, 0.4) is 0 Å². The van der Waals surface area contributed by atoms with Gasteiger partial charge in [-0.2, -0.15) is 0 Å². The summed E-state index contributed by atoms with van der Waals surface area (Å²) in [4.78, 5) is 16.8. The first kappa shape index (κ1) is 13.1. The van der Waals surface area contributed by atoms with E-state index in [0.29, 0.717) is 9.90 Å². The summed E-state index contributed by atoms with van der Waals surface area (Å²) in [6.07, 6.45) is 2.45. The number of nitrogens with one attached hydrogen (secondary N) is 1. The normalized spacial score (nSPS) is 10.4. The highest BCUT2D eigenvalue weighted by atomic mass is 35.5. The lowest BCUT2D eigenvalue weighted by molar-refractivity contribution is 0.103. The highest BCUT2D eigenvalue weighted by molar-refractivity contribution is 7.13. The average Bonchev–Trinajstić information content (AvgIpc) is 2.82. The number of hydrogen-bond donors (Lipinski definition) is 1. The molecule has 0 unspecified atom stereocenters. The quantitative estimate of drug-likeness (QED) is 0.926. The smallest absolute Gasteiger partial charge is 0.267 e. The Morgan fingerprint density at radius 3 is 2.94 bits per heavy atom. The molecule has 0 bridgehead atoms. The van der Waals surface area contributed by atoms with Crippen molar-refractivity contribution in [2.24, 2.45) is 0 Å². The molecule has 0 atom stereocenters. The highest BCUT2D eigenvalue weighted by Crippen LogP contribution is 2.22. The Kier molecular flexibility index (Phi) is 3.99. The van der Waals surface area contributed by atoms with Gasteiger partial charge in [0.2, 0.25) is 0 Å². The maximum atomic E-state index is 12.0. The van der Waals surface area contributed by atoms with Crippen LogP contribution in [0.1, 0.15) is 27.2 Å². The monoisotopic (exact) mass is 280 g/mol. The van der Waals surface area contributed by atoms with Gasteiger partial charge in [-0.25, -0.2) is 4.98 Å². The van der Waals surface area contributed by atoms with Gasteiger partial charge in [0.1, 0.15) is 4.88 Å². The van der Waals surface area contributed by atoms with Gasteiger partial charge in [-0.05, 0) is 31.0 Å². The molecule has 2 rings (SSSR count). The summed E-state index contributed by atoms with van der Waals surface area (Å²) in [7, 11) is 0. The van der Waals surface area contributed by atoms with E-state index >= 15 is 0 Å². The molecule has 1 aromatic heterocycles. The molecule has 94 valence electrons. The molecule has 0 radical (unpaired) electrons. The number of halogens is 1. The van der Waals surface area contributed by atoms with Crippen molar-refractivity contribution in [1.29, 1.82) is 0 Å². The minimum atomic E-state index is -0.141. The van der Waals surface area contributed by atoms with E-state index < -0.39 is 0 Å². The third kappa shape index (κ3) is 2.89. The number of nitrogens with zero attached hydrogens (tertiary/aromatic N) is 1. The molecule has 1 heterocycles. The van der Waals surface area contributed by atoms with Crippen LogP contribution >= 0.6 is 22.9 Å². The van der Waals surface area contributed by atoms with Gasteiger partial charge in [-0.15, -0.1) is 11.3 Å². The van der Waals surface area contributed by atoms with Crippen molar-refractivity contribution in [3.8, 4) is 0 Å². The molecule has 0 fully saturated rings. The van der Waals surface area contributed by atoms with E-state index in [1.54, 1.807) is 18.3 Å². The van der Waals surface area contributed by atoms with Crippen LogP contribution in [0.5, 0.6) is 0 Å². The zero-order valence-electron chi connectivity index (χ0n) is 10.2. The highest BCUT2D eigenvalue weighted by Gasteiger charge is 2.11. The molecule has 5 heteroatoms. The Morgan fingerprint density at radius 1 is 1.50 bits per heavy atom. The Balaban J connectivity index is 2.18. The van der Waals surface area contributed by atoms with Crippen molar-refractivity contribution in [1.82, 2.24) is 4.98 Å². The third-order valence-corrected chi connectivity index (χ3v) is 3.90. The standard InChI is InChI=1S/C13H13ClN2OS/c1-3-12-15-7-11(18-12)13(17)16-10-6-9(14)5-4-8(10)2/h4-7H,3H2,1-2H3,(H,16,17). The van der Waals surface area contributed by atoms with Crippen LogP contribution in [0, 0.1) is 6.92 Å². The van der Waals surface area contributed by atoms with Crippen molar-refractivity contribution in [3.63, 3.8) is 0 Å². The largest absolute Gasteiger partial charge is 0.321 e. The molecule has 3 nitrogen and oxygen atoms in total. The average molecular weight is 281 g/mol. The van der Waals surface area contributed by atoms with E-state index in [1.807, 2.05) is 19.9 Å². The van der Waals surface area contributed by atoms with Gasteiger partial charge in [-0.1, -0.05) is 24.6 Å². The molecule has 0 saturated carbocycles. The van der Waals surface area contributed by atoms with E-state index in [9.17, 15) is 4.79 Å². The van der Waals surface area contributed by atoms with Crippen molar-refractivity contribution >= 4 is 34.5 Å². The number of hydrogen-bond acceptors (Lipinski definition) is 3. The minimum absolute atomic E-state index is 0.141. The molecule has 18 heavy (non-hydrogen) atoms. The zero-order valence-corrected chi connectivity index (χ0v) is 11.7. The molecular weight excluding hydrogens is 268 g/mol. The number of anilines is 1. The molecule has 0 aliphatic rings. The van der Waals surface area contributed by atoms with E-state index in [0.717, 1.165) is 22.7 Å². The minimum Gasteiger partial charge on any atom is -0.321 e. The third-order valence-electron chi connectivity index (χ3n) is 2.53. The molecule has 0 spiro atoms. The lowest BCUT2D eigenvalue weighted by Crippen LogP contribution is -2.11. The maximum absolute atomic E-state index is 12.0. The maximum Gasteiger partial charge on any atom is 0.267 e. The van der Waals surface area contributed by atoms with Gasteiger partial charge in [-0.3, -0.25) is 4.79 Å². The van der Waals surface area contributed by atoms with Crippen molar-refractivity contribution in [2.75, 3.05) is 5.32 Å². The van der Waals surface area contributed by atoms with Crippen molar-refractivity contribution in [3.05, 3.63) is 44.9 Å². The number of thiazole rings is 1. The summed E-state index contributed by atoms with van der Waals surface area (Å²) in [6.45, 7) is 3.94. The Morgan fingerprint density at radius 2 is 2.28 bits per heavy atom. The molecule has 1 amide bonds. The number of benzene rings is 1. The number of aryl methyl sites for hydroxylation is 2. The summed E-state index contributed by atoms with van der Waals surface area (Å²) < 4.78 is 0. The number of carbonyl (C=O) groups is 1. The van der Waals surface area contributed by atoms with Gasteiger partial charge in [0.25, 0.3) is 5.91 Å². The van der Waals surface area contributed by atoms with Crippen molar-refractivity contribution in [2.45, 2.75) is 20.3 Å². The van der Waals surface area contributed by atoms with E-state index in [-0.39, 0.29) is 5.91 Å². The van der Waals surface area contributed by atoms with Crippen LogP contribution in [-0.2, 0) is 6.42 Å². The SMILES string of the molecule is CCc1ncc(C(=O)Nc2cc(Cl)ccc2C)s1. The summed E-state index contributed by atoms with van der Waals surface area (Å²) in [6, 6.07) is 5.42. The first-order chi connectivity index (χ1) is 8.60. The van der Waals surface area contributed by atoms with Crippen LogP contribution in [0.4, 0.5) is 5.69 Å². The summed E-state index contributed by atoms with van der Waals surface area (Å²) >= 11 is 7.33. The second-order valence-electron chi connectivity index (χ2n) is 3.89. The van der Waals surface area contributed by atoms with Gasteiger partial charge >= 0.3 is 0 Å². The molecular formula is C13H13ClN2OS. The van der Waals surface area contributed by atoms with E-state index in [2.05, 4.69) is 10.3 Å². The van der Waals surface area contributed by atoms with Gasteiger partial charge in [0.15, 0.2) is 0 Å². The molecule has 2 aromatic rings. The summed E-state index contributed by atoms with van der Waals surface area (Å²) in [5.41, 5.74) is 1.71. The van der Waals surface area contributed by atoms with Crippen LogP contribution in [0.25, 0.3) is 0 Å². The van der Waals surface area contributed by atoms with Crippen LogP contribution in [-0.4, -0.2) is 10.9 Å². The molecule has 1 N–H and O–H groups in total. The summed E-state index contributed by atoms with van der Waals surface area (Å²) in [5, 5.41) is 4.42. The Hall–Kier alpha value is -1.39. The number of amides is 1. The number of rotatable bonds is 3. The Labute approximate surface area is 115 Å². The lowest BCUT2D eigenvalue weighted by atomic mass is 10.2. The van der Waals surface area contributed by atoms with Gasteiger partial charge < -0.3 is 5.32 Å². The zero-order chi connectivity index (χ0) is 13.1. The van der Waals surface area contributed by atoms with Crippen LogP contribution < -0.4 is 5.32 Å². The summed E-state index contributed by atoms with van der Waals surface area (Å²) in [5.74, 6) is -0.141. The fourth-order valence-electron chi connectivity index (χ4n) is 1.49.